The van der Waals surface area contributed by atoms with Crippen LogP contribution in [0.15, 0.2) is 6.07 Å². The maximum atomic E-state index is 5.69. The molecule has 0 unspecified atom stereocenters. The lowest BCUT2D eigenvalue weighted by Crippen LogP contribution is -2.02. The van der Waals surface area contributed by atoms with Crippen LogP contribution in [0.1, 0.15) is 31.1 Å². The number of rotatable bonds is 5. The molecule has 0 fully saturated rings. The van der Waals surface area contributed by atoms with Crippen molar-refractivity contribution in [1.82, 2.24) is 9.97 Å². The van der Waals surface area contributed by atoms with E-state index in [0.29, 0.717) is 12.5 Å². The average molecular weight is 251 g/mol. The first-order chi connectivity index (χ1) is 8.20. The van der Waals surface area contributed by atoms with E-state index in [0.717, 1.165) is 16.6 Å². The number of ether oxygens (including phenoxy) is 1. The molecule has 0 bridgehead atoms. The molecule has 4 nitrogen and oxygen atoms in total. The van der Waals surface area contributed by atoms with Crippen LogP contribution in [0.25, 0.3) is 10.2 Å². The van der Waals surface area contributed by atoms with Crippen LogP contribution in [0, 0.1) is 6.92 Å². The molecule has 0 aliphatic heterocycles. The van der Waals surface area contributed by atoms with Gasteiger partial charge >= 0.3 is 0 Å². The molecule has 17 heavy (non-hydrogen) atoms. The molecule has 2 heterocycles. The predicted octanol–water partition coefficient (Wildman–Crippen LogP) is 3.15. The molecule has 92 valence electrons. The summed E-state index contributed by atoms with van der Waals surface area (Å²) >= 11 is 1.61. The molecule has 0 atom stereocenters. The number of aromatic nitrogens is 2. The first kappa shape index (κ1) is 12.1. The smallest absolute Gasteiger partial charge is 0.227 e. The Morgan fingerprint density at radius 2 is 2.18 bits per heavy atom. The van der Waals surface area contributed by atoms with Gasteiger partial charge in [0, 0.05) is 4.88 Å². The maximum absolute atomic E-state index is 5.69. The SMILES string of the molecule is CCCCCOc1nc(N)nc2sc(C)cc12. The summed E-state index contributed by atoms with van der Waals surface area (Å²) in [6.07, 6.45) is 3.40. The zero-order valence-corrected chi connectivity index (χ0v) is 11.0. The Hall–Kier alpha value is -1.36. The number of nitrogens with zero attached hydrogens (tertiary/aromatic N) is 2. The lowest BCUT2D eigenvalue weighted by Gasteiger charge is -2.06. The second kappa shape index (κ2) is 5.31. The van der Waals surface area contributed by atoms with Crippen molar-refractivity contribution in [3.05, 3.63) is 10.9 Å². The highest BCUT2D eigenvalue weighted by molar-refractivity contribution is 7.18. The molecule has 5 heteroatoms. The van der Waals surface area contributed by atoms with Gasteiger partial charge in [-0.15, -0.1) is 11.3 Å². The van der Waals surface area contributed by atoms with Gasteiger partial charge in [0.1, 0.15) is 4.83 Å². The van der Waals surface area contributed by atoms with Crippen LogP contribution in [0.3, 0.4) is 0 Å². The van der Waals surface area contributed by atoms with Crippen LogP contribution < -0.4 is 10.5 Å². The lowest BCUT2D eigenvalue weighted by atomic mass is 10.3. The summed E-state index contributed by atoms with van der Waals surface area (Å²) in [6, 6.07) is 2.05. The Labute approximate surface area is 105 Å². The van der Waals surface area contributed by atoms with Crippen molar-refractivity contribution >= 4 is 27.5 Å². The fourth-order valence-corrected chi connectivity index (χ4v) is 2.54. The number of hydrogen-bond donors (Lipinski definition) is 1. The standard InChI is InChI=1S/C12H17N3OS/c1-3-4-5-6-16-10-9-7-8(2)17-11(9)15-12(13)14-10/h7H,3-6H2,1-2H3,(H2,13,14,15). The highest BCUT2D eigenvalue weighted by atomic mass is 32.1. The monoisotopic (exact) mass is 251 g/mol. The Morgan fingerprint density at radius 3 is 2.94 bits per heavy atom. The molecule has 0 spiro atoms. The minimum atomic E-state index is 0.282. The molecular weight excluding hydrogens is 234 g/mol. The van der Waals surface area contributed by atoms with Gasteiger partial charge < -0.3 is 10.5 Å². The van der Waals surface area contributed by atoms with Gasteiger partial charge in [0.2, 0.25) is 11.8 Å². The zero-order chi connectivity index (χ0) is 12.3. The molecule has 0 aromatic carbocycles. The minimum absolute atomic E-state index is 0.282. The number of anilines is 1. The summed E-state index contributed by atoms with van der Waals surface area (Å²) in [6.45, 7) is 4.90. The molecule has 2 rings (SSSR count). The fraction of sp³-hybridized carbons (Fsp3) is 0.500. The van der Waals surface area contributed by atoms with E-state index < -0.39 is 0 Å². The summed E-state index contributed by atoms with van der Waals surface area (Å²) in [5.41, 5.74) is 5.67. The summed E-state index contributed by atoms with van der Waals surface area (Å²) in [4.78, 5) is 10.5. The third-order valence-electron chi connectivity index (χ3n) is 2.48. The summed E-state index contributed by atoms with van der Waals surface area (Å²) < 4.78 is 5.69. The average Bonchev–Trinajstić information content (AvgIpc) is 2.64. The molecule has 2 N–H and O–H groups in total. The first-order valence-electron chi connectivity index (χ1n) is 5.87. The van der Waals surface area contributed by atoms with E-state index in [1.165, 1.54) is 17.7 Å². The number of nitrogen functional groups attached to an aromatic ring is 1. The normalized spacial score (nSPS) is 10.9. The summed E-state index contributed by atoms with van der Waals surface area (Å²) in [5, 5.41) is 0.971. The lowest BCUT2D eigenvalue weighted by molar-refractivity contribution is 0.299. The van der Waals surface area contributed by atoms with Crippen LogP contribution >= 0.6 is 11.3 Å². The van der Waals surface area contributed by atoms with Crippen LogP contribution in [0.4, 0.5) is 5.95 Å². The van der Waals surface area contributed by atoms with E-state index >= 15 is 0 Å². The van der Waals surface area contributed by atoms with Crippen LogP contribution in [0.2, 0.25) is 0 Å². The van der Waals surface area contributed by atoms with Crippen molar-refractivity contribution in [2.24, 2.45) is 0 Å². The first-order valence-corrected chi connectivity index (χ1v) is 6.69. The maximum Gasteiger partial charge on any atom is 0.227 e. The molecule has 0 saturated carbocycles. The molecule has 2 aromatic heterocycles. The highest BCUT2D eigenvalue weighted by Gasteiger charge is 2.10. The number of aryl methyl sites for hydroxylation is 1. The van der Waals surface area contributed by atoms with E-state index in [1.54, 1.807) is 11.3 Å². The van der Waals surface area contributed by atoms with Crippen molar-refractivity contribution in [3.8, 4) is 5.88 Å². The van der Waals surface area contributed by atoms with E-state index in [2.05, 4.69) is 23.0 Å². The van der Waals surface area contributed by atoms with Gasteiger partial charge in [-0.3, -0.25) is 0 Å². The number of nitrogens with two attached hydrogens (primary N) is 1. The van der Waals surface area contributed by atoms with Gasteiger partial charge in [0.25, 0.3) is 0 Å². The third kappa shape index (κ3) is 2.85. The van der Waals surface area contributed by atoms with Gasteiger partial charge in [0.05, 0.1) is 12.0 Å². The van der Waals surface area contributed by atoms with Crippen LogP contribution in [0.5, 0.6) is 5.88 Å². The zero-order valence-electron chi connectivity index (χ0n) is 10.2. The van der Waals surface area contributed by atoms with Gasteiger partial charge in [-0.25, -0.2) is 4.98 Å². The number of fused-ring (bicyclic) bond motifs is 1. The van der Waals surface area contributed by atoms with Crippen molar-refractivity contribution in [2.75, 3.05) is 12.3 Å². The Balaban J connectivity index is 2.19. The Kier molecular flexibility index (Phi) is 3.78. The van der Waals surface area contributed by atoms with Crippen molar-refractivity contribution in [1.29, 1.82) is 0 Å². The van der Waals surface area contributed by atoms with Crippen LogP contribution in [-0.2, 0) is 0 Å². The minimum Gasteiger partial charge on any atom is -0.477 e. The number of unbranched alkanes of at least 4 members (excludes halogenated alkanes) is 2. The molecule has 0 amide bonds. The van der Waals surface area contributed by atoms with Crippen molar-refractivity contribution in [2.45, 2.75) is 33.1 Å². The van der Waals surface area contributed by atoms with Crippen molar-refractivity contribution in [3.63, 3.8) is 0 Å². The van der Waals surface area contributed by atoms with Gasteiger partial charge in [-0.05, 0) is 19.4 Å². The molecule has 0 aliphatic rings. The van der Waals surface area contributed by atoms with E-state index in [1.807, 2.05) is 6.92 Å². The Morgan fingerprint density at radius 1 is 1.35 bits per heavy atom. The van der Waals surface area contributed by atoms with E-state index in [4.69, 9.17) is 10.5 Å². The second-order valence-corrected chi connectivity index (χ2v) is 5.25. The van der Waals surface area contributed by atoms with Crippen LogP contribution in [-0.4, -0.2) is 16.6 Å². The fourth-order valence-electron chi connectivity index (χ4n) is 1.66. The van der Waals surface area contributed by atoms with Gasteiger partial charge in [-0.1, -0.05) is 19.8 Å². The number of thiophene rings is 1. The molecule has 2 aromatic rings. The molecule has 0 radical (unpaired) electrons. The topological polar surface area (TPSA) is 61.0 Å². The quantitative estimate of drug-likeness (QED) is 0.829. The van der Waals surface area contributed by atoms with Gasteiger partial charge in [0.15, 0.2) is 0 Å². The van der Waals surface area contributed by atoms with Crippen molar-refractivity contribution < 1.29 is 4.74 Å². The summed E-state index contributed by atoms with van der Waals surface area (Å²) in [7, 11) is 0. The third-order valence-corrected chi connectivity index (χ3v) is 3.43. The largest absolute Gasteiger partial charge is 0.477 e. The number of hydrogen-bond acceptors (Lipinski definition) is 5. The van der Waals surface area contributed by atoms with E-state index in [-0.39, 0.29) is 5.95 Å². The molecule has 0 aliphatic carbocycles. The molecule has 0 saturated heterocycles. The highest BCUT2D eigenvalue weighted by Crippen LogP contribution is 2.30. The van der Waals surface area contributed by atoms with E-state index in [9.17, 15) is 0 Å². The Bertz CT molecular complexity index is 510. The predicted molar refractivity (Wildman–Crippen MR) is 71.6 cm³/mol. The van der Waals surface area contributed by atoms with Gasteiger partial charge in [-0.2, -0.15) is 4.98 Å². The second-order valence-electron chi connectivity index (χ2n) is 4.02. The summed E-state index contributed by atoms with van der Waals surface area (Å²) in [5.74, 6) is 0.901. The molecular formula is C12H17N3OS.